The molecule has 2 fully saturated rings. The van der Waals surface area contributed by atoms with Gasteiger partial charge in [0, 0.05) is 43.5 Å². The lowest BCUT2D eigenvalue weighted by Crippen LogP contribution is -2.44. The van der Waals surface area contributed by atoms with E-state index in [2.05, 4.69) is 0 Å². The highest BCUT2D eigenvalue weighted by atomic mass is 19.1. The Morgan fingerprint density at radius 2 is 1.55 bits per heavy atom. The third-order valence-corrected chi connectivity index (χ3v) is 8.79. The summed E-state index contributed by atoms with van der Waals surface area (Å²) in [7, 11) is 3.29. The van der Waals surface area contributed by atoms with Crippen LogP contribution in [0.4, 0.5) is 9.18 Å². The van der Waals surface area contributed by atoms with E-state index in [0.717, 1.165) is 0 Å². The summed E-state index contributed by atoms with van der Waals surface area (Å²) in [6.07, 6.45) is 3.81. The molecular formula is C34H40FN3O6. The van der Waals surface area contributed by atoms with Gasteiger partial charge in [-0.2, -0.15) is 0 Å². The Morgan fingerprint density at radius 3 is 2.11 bits per heavy atom. The van der Waals surface area contributed by atoms with Gasteiger partial charge in [-0.25, -0.2) is 9.18 Å². The van der Waals surface area contributed by atoms with Gasteiger partial charge in [-0.1, -0.05) is 6.07 Å². The van der Waals surface area contributed by atoms with E-state index < -0.39 is 11.6 Å². The van der Waals surface area contributed by atoms with Gasteiger partial charge in [0.1, 0.15) is 29.1 Å². The van der Waals surface area contributed by atoms with E-state index in [0.29, 0.717) is 70.7 Å². The highest BCUT2D eigenvalue weighted by Gasteiger charge is 2.45. The number of rotatable bonds is 7. The normalized spacial score (nSPS) is 20.8. The van der Waals surface area contributed by atoms with Gasteiger partial charge in [0.25, 0.3) is 11.5 Å². The first-order chi connectivity index (χ1) is 20.6. The van der Waals surface area contributed by atoms with Crippen LogP contribution < -0.4 is 15.0 Å². The molecule has 234 valence electrons. The van der Waals surface area contributed by atoms with Crippen LogP contribution in [0.3, 0.4) is 0 Å². The van der Waals surface area contributed by atoms with Gasteiger partial charge < -0.3 is 24.0 Å². The average molecular weight is 606 g/mol. The second kappa shape index (κ2) is 11.7. The highest BCUT2D eigenvalue weighted by molar-refractivity contribution is 6.04. The zero-order chi connectivity index (χ0) is 32.1. The van der Waals surface area contributed by atoms with Gasteiger partial charge in [-0.3, -0.25) is 14.5 Å². The van der Waals surface area contributed by atoms with Crippen molar-refractivity contribution in [3.63, 3.8) is 0 Å². The number of aryl methyl sites for hydroxylation is 3. The summed E-state index contributed by atoms with van der Waals surface area (Å²) in [4.78, 5) is 41.1. The number of hydrogen-bond acceptors (Lipinski definition) is 6. The fourth-order valence-electron chi connectivity index (χ4n) is 6.02. The summed E-state index contributed by atoms with van der Waals surface area (Å²) in [5, 5.41) is 10.8. The topological polar surface area (TPSA) is 101 Å². The molecule has 1 atom stereocenters. The highest BCUT2D eigenvalue weighted by Crippen LogP contribution is 2.42. The zero-order valence-corrected chi connectivity index (χ0v) is 26.3. The van der Waals surface area contributed by atoms with Crippen LogP contribution in [0.1, 0.15) is 63.1 Å². The summed E-state index contributed by atoms with van der Waals surface area (Å²) in [5.41, 5.74) is 1.66. The van der Waals surface area contributed by atoms with E-state index in [1.807, 2.05) is 6.07 Å². The number of aliphatic hydroxyl groups is 1. The molecule has 2 aliphatic rings. The number of carbonyl (C=O) groups is 2. The lowest BCUT2D eigenvalue weighted by Gasteiger charge is -2.33. The van der Waals surface area contributed by atoms with Crippen molar-refractivity contribution in [2.24, 2.45) is 7.05 Å². The number of halogens is 1. The smallest absolute Gasteiger partial charge is 0.327 e. The molecule has 3 amide bonds. The monoisotopic (exact) mass is 605 g/mol. The van der Waals surface area contributed by atoms with Crippen molar-refractivity contribution in [3.05, 3.63) is 75.5 Å². The first-order valence-electron chi connectivity index (χ1n) is 14.9. The maximum atomic E-state index is 14.0. The standard InChI is InChI=1S/C34H40FN3O6/c1-19-14-23(35)15-20(2)31(19)44-28-13-8-22(34(4,5)42)16-26(28)27-18-36(6)30(39)17-29(27)43-25-11-9-24(10-12-25)38-32(40)21(3)37(7)33(38)41/h8,13-18,21,24-25,42H,9-12H2,1-7H3/t21-,24?,25?/m1/s1. The Labute approximate surface area is 256 Å². The van der Waals surface area contributed by atoms with Crippen molar-refractivity contribution >= 4 is 11.9 Å². The number of amides is 3. The van der Waals surface area contributed by atoms with Crippen LogP contribution in [0.15, 0.2) is 47.4 Å². The SMILES string of the molecule is Cc1cc(F)cc(C)c1Oc1ccc(C(C)(C)O)cc1-c1cn(C)c(=O)cc1OC1CCC(N2C(=O)[C@@H](C)N(C)C2=O)CC1. The first kappa shape index (κ1) is 31.3. The first-order valence-corrected chi connectivity index (χ1v) is 14.9. The minimum atomic E-state index is -1.16. The van der Waals surface area contributed by atoms with Crippen molar-refractivity contribution in [3.8, 4) is 28.4 Å². The maximum absolute atomic E-state index is 14.0. The van der Waals surface area contributed by atoms with Crippen LogP contribution in [-0.2, 0) is 17.4 Å². The van der Waals surface area contributed by atoms with Crippen LogP contribution in [-0.4, -0.2) is 56.6 Å². The molecule has 5 rings (SSSR count). The van der Waals surface area contributed by atoms with Crippen molar-refractivity contribution in [1.82, 2.24) is 14.4 Å². The Morgan fingerprint density at radius 1 is 0.909 bits per heavy atom. The van der Waals surface area contributed by atoms with Gasteiger partial charge in [0.15, 0.2) is 0 Å². The molecule has 1 N–H and O–H groups in total. The molecule has 1 aromatic heterocycles. The molecule has 0 spiro atoms. The predicted octanol–water partition coefficient (Wildman–Crippen LogP) is 5.80. The molecule has 1 aliphatic carbocycles. The molecular weight excluding hydrogens is 565 g/mol. The number of nitrogens with zero attached hydrogens (tertiary/aromatic N) is 3. The van der Waals surface area contributed by atoms with Gasteiger partial charge in [0.2, 0.25) is 0 Å². The molecule has 1 aliphatic heterocycles. The number of hydrogen-bond donors (Lipinski definition) is 1. The summed E-state index contributed by atoms with van der Waals surface area (Å²) >= 11 is 0. The van der Waals surface area contributed by atoms with Crippen LogP contribution in [0.2, 0.25) is 0 Å². The summed E-state index contributed by atoms with van der Waals surface area (Å²) in [6.45, 7) is 8.65. The van der Waals surface area contributed by atoms with Crippen molar-refractivity contribution in [2.75, 3.05) is 7.05 Å². The number of carbonyl (C=O) groups excluding carboxylic acids is 2. The number of aromatic nitrogens is 1. The van der Waals surface area contributed by atoms with E-state index >= 15 is 0 Å². The van der Waals surface area contributed by atoms with Crippen LogP contribution in [0, 0.1) is 19.7 Å². The molecule has 0 bridgehead atoms. The average Bonchev–Trinajstić information content (AvgIpc) is 3.14. The van der Waals surface area contributed by atoms with Crippen LogP contribution in [0.5, 0.6) is 17.2 Å². The van der Waals surface area contributed by atoms with E-state index in [-0.39, 0.29) is 35.5 Å². The Hall–Kier alpha value is -4.18. The predicted molar refractivity (Wildman–Crippen MR) is 164 cm³/mol. The number of imide groups is 1. The van der Waals surface area contributed by atoms with E-state index in [1.54, 1.807) is 67.0 Å². The molecule has 0 radical (unpaired) electrons. The fourth-order valence-corrected chi connectivity index (χ4v) is 6.02. The molecule has 0 unspecified atom stereocenters. The maximum Gasteiger partial charge on any atom is 0.327 e. The van der Waals surface area contributed by atoms with E-state index in [9.17, 15) is 23.9 Å². The van der Waals surface area contributed by atoms with E-state index in [4.69, 9.17) is 9.47 Å². The largest absolute Gasteiger partial charge is 0.490 e. The number of likely N-dealkylation sites (N-methyl/N-ethyl adjacent to an activating group) is 1. The van der Waals surface area contributed by atoms with Crippen molar-refractivity contribution in [2.45, 2.75) is 84.1 Å². The third-order valence-electron chi connectivity index (χ3n) is 8.79. The zero-order valence-electron chi connectivity index (χ0n) is 26.3. The quantitative estimate of drug-likeness (QED) is 0.342. The fraction of sp³-hybridized carbons (Fsp3) is 0.441. The molecule has 10 heteroatoms. The van der Waals surface area contributed by atoms with Gasteiger partial charge in [0.05, 0.1) is 11.7 Å². The van der Waals surface area contributed by atoms with Gasteiger partial charge in [-0.15, -0.1) is 0 Å². The summed E-state index contributed by atoms with van der Waals surface area (Å²) < 4.78 is 28.4. The van der Waals surface area contributed by atoms with Gasteiger partial charge >= 0.3 is 6.03 Å². The minimum Gasteiger partial charge on any atom is -0.490 e. The lowest BCUT2D eigenvalue weighted by atomic mass is 9.91. The molecule has 1 saturated carbocycles. The Bertz CT molecular complexity index is 1630. The molecule has 3 aromatic rings. The van der Waals surface area contributed by atoms with Crippen LogP contribution >= 0.6 is 0 Å². The van der Waals surface area contributed by atoms with Gasteiger partial charge in [-0.05, 0) is 101 Å². The Balaban J connectivity index is 1.49. The number of urea groups is 1. The lowest BCUT2D eigenvalue weighted by molar-refractivity contribution is -0.130. The van der Waals surface area contributed by atoms with Crippen molar-refractivity contribution < 1.29 is 28.6 Å². The minimum absolute atomic E-state index is 0.179. The molecule has 2 aromatic carbocycles. The third kappa shape index (κ3) is 5.95. The Kier molecular flexibility index (Phi) is 8.33. The number of ether oxygens (including phenoxy) is 2. The second-order valence-corrected chi connectivity index (χ2v) is 12.6. The molecule has 44 heavy (non-hydrogen) atoms. The summed E-state index contributed by atoms with van der Waals surface area (Å²) in [5.74, 6) is 0.797. The number of benzene rings is 2. The molecule has 1 saturated heterocycles. The number of pyridine rings is 1. The second-order valence-electron chi connectivity index (χ2n) is 12.6. The molecule has 9 nitrogen and oxygen atoms in total. The summed E-state index contributed by atoms with van der Waals surface area (Å²) in [6, 6.07) is 8.66. The van der Waals surface area contributed by atoms with E-state index in [1.165, 1.54) is 32.6 Å². The molecule has 2 heterocycles. The van der Waals surface area contributed by atoms with Crippen molar-refractivity contribution in [1.29, 1.82) is 0 Å². The van der Waals surface area contributed by atoms with Crippen LogP contribution in [0.25, 0.3) is 11.1 Å².